The van der Waals surface area contributed by atoms with Crippen LogP contribution in [0.25, 0.3) is 0 Å². The van der Waals surface area contributed by atoms with E-state index >= 15 is 0 Å². The molecule has 9 heteroatoms. The van der Waals surface area contributed by atoms with E-state index in [0.717, 1.165) is 5.75 Å². The van der Waals surface area contributed by atoms with Crippen molar-refractivity contribution in [2.45, 2.75) is 31.7 Å². The molecule has 0 bridgehead atoms. The van der Waals surface area contributed by atoms with E-state index in [-0.39, 0.29) is 23.3 Å². The molecule has 0 saturated heterocycles. The third-order valence-electron chi connectivity index (χ3n) is 4.23. The van der Waals surface area contributed by atoms with Gasteiger partial charge in [0.05, 0.1) is 11.3 Å². The number of benzene rings is 2. The fraction of sp³-hybridized carbons (Fsp3) is 0.238. The Balaban J connectivity index is 1.60. The SMILES string of the molecule is CCn1c(SCC(=O)Nc2ccc(C(=O)O)cc2)nnc1C(C)Oc1ccccc1. The smallest absolute Gasteiger partial charge is 0.335 e. The van der Waals surface area contributed by atoms with Crippen LogP contribution in [0.2, 0.25) is 0 Å². The Morgan fingerprint density at radius 3 is 2.47 bits per heavy atom. The van der Waals surface area contributed by atoms with Crippen molar-refractivity contribution in [1.82, 2.24) is 14.8 Å². The van der Waals surface area contributed by atoms with Crippen LogP contribution in [0.4, 0.5) is 5.69 Å². The second kappa shape index (κ2) is 9.93. The molecule has 1 unspecified atom stereocenters. The zero-order valence-corrected chi connectivity index (χ0v) is 17.4. The Bertz CT molecular complexity index is 1010. The van der Waals surface area contributed by atoms with Crippen molar-refractivity contribution < 1.29 is 19.4 Å². The Kier molecular flexibility index (Phi) is 7.08. The molecule has 0 spiro atoms. The van der Waals surface area contributed by atoms with Gasteiger partial charge in [0.15, 0.2) is 17.1 Å². The first-order chi connectivity index (χ1) is 14.5. The monoisotopic (exact) mass is 426 g/mol. The highest BCUT2D eigenvalue weighted by Crippen LogP contribution is 2.24. The van der Waals surface area contributed by atoms with Crippen molar-refractivity contribution in [2.24, 2.45) is 0 Å². The van der Waals surface area contributed by atoms with Crippen LogP contribution in [0.15, 0.2) is 59.8 Å². The van der Waals surface area contributed by atoms with Gasteiger partial charge in [-0.1, -0.05) is 30.0 Å². The number of carbonyl (C=O) groups is 2. The molecule has 1 aromatic heterocycles. The van der Waals surface area contributed by atoms with Crippen LogP contribution in [0.5, 0.6) is 5.75 Å². The van der Waals surface area contributed by atoms with Gasteiger partial charge in [0.25, 0.3) is 0 Å². The van der Waals surface area contributed by atoms with E-state index in [0.29, 0.717) is 23.2 Å². The predicted octanol–water partition coefficient (Wildman–Crippen LogP) is 3.87. The third kappa shape index (κ3) is 5.38. The lowest BCUT2D eigenvalue weighted by Gasteiger charge is -2.15. The number of nitrogens with zero attached hydrogens (tertiary/aromatic N) is 3. The number of hydrogen-bond donors (Lipinski definition) is 2. The number of carbonyl (C=O) groups excluding carboxylic acids is 1. The van der Waals surface area contributed by atoms with Crippen LogP contribution in [0.1, 0.15) is 36.1 Å². The van der Waals surface area contributed by atoms with Crippen LogP contribution in [0, 0.1) is 0 Å². The van der Waals surface area contributed by atoms with Crippen molar-refractivity contribution in [3.63, 3.8) is 0 Å². The van der Waals surface area contributed by atoms with Gasteiger partial charge >= 0.3 is 5.97 Å². The molecule has 0 radical (unpaired) electrons. The summed E-state index contributed by atoms with van der Waals surface area (Å²) < 4.78 is 7.86. The molecule has 0 aliphatic heterocycles. The summed E-state index contributed by atoms with van der Waals surface area (Å²) in [4.78, 5) is 23.1. The highest BCUT2D eigenvalue weighted by atomic mass is 32.2. The van der Waals surface area contributed by atoms with Gasteiger partial charge in [0, 0.05) is 12.2 Å². The van der Waals surface area contributed by atoms with Crippen LogP contribution < -0.4 is 10.1 Å². The van der Waals surface area contributed by atoms with Crippen molar-refractivity contribution >= 4 is 29.3 Å². The molecule has 30 heavy (non-hydrogen) atoms. The van der Waals surface area contributed by atoms with Crippen LogP contribution in [-0.2, 0) is 11.3 Å². The summed E-state index contributed by atoms with van der Waals surface area (Å²) in [5.41, 5.74) is 0.700. The van der Waals surface area contributed by atoms with Gasteiger partial charge in [0.1, 0.15) is 5.75 Å². The lowest BCUT2D eigenvalue weighted by atomic mass is 10.2. The zero-order valence-electron chi connectivity index (χ0n) is 16.6. The molecule has 2 N–H and O–H groups in total. The fourth-order valence-electron chi connectivity index (χ4n) is 2.78. The third-order valence-corrected chi connectivity index (χ3v) is 5.20. The number of anilines is 1. The van der Waals surface area contributed by atoms with Crippen LogP contribution >= 0.6 is 11.8 Å². The topological polar surface area (TPSA) is 106 Å². The summed E-state index contributed by atoms with van der Waals surface area (Å²) in [5, 5.41) is 20.8. The van der Waals surface area contributed by atoms with Gasteiger partial charge in [-0.25, -0.2) is 4.79 Å². The predicted molar refractivity (Wildman–Crippen MR) is 114 cm³/mol. The number of amides is 1. The van der Waals surface area contributed by atoms with Gasteiger partial charge in [0.2, 0.25) is 5.91 Å². The summed E-state index contributed by atoms with van der Waals surface area (Å²) >= 11 is 1.28. The van der Waals surface area contributed by atoms with Crippen molar-refractivity contribution in [1.29, 1.82) is 0 Å². The van der Waals surface area contributed by atoms with Gasteiger partial charge in [-0.05, 0) is 50.2 Å². The maximum absolute atomic E-state index is 12.3. The highest BCUT2D eigenvalue weighted by Gasteiger charge is 2.19. The molecule has 1 amide bonds. The molecule has 156 valence electrons. The molecule has 0 saturated carbocycles. The zero-order chi connectivity index (χ0) is 21.5. The Labute approximate surface area is 178 Å². The number of rotatable bonds is 9. The Morgan fingerprint density at radius 2 is 1.83 bits per heavy atom. The number of aromatic carboxylic acids is 1. The molecule has 0 fully saturated rings. The minimum absolute atomic E-state index is 0.146. The van der Waals surface area contributed by atoms with Crippen molar-refractivity contribution in [2.75, 3.05) is 11.1 Å². The maximum Gasteiger partial charge on any atom is 0.335 e. The van der Waals surface area contributed by atoms with E-state index in [1.54, 1.807) is 12.1 Å². The van der Waals surface area contributed by atoms with Crippen LogP contribution in [0.3, 0.4) is 0 Å². The largest absolute Gasteiger partial charge is 0.483 e. The second-order valence-corrected chi connectivity index (χ2v) is 7.32. The lowest BCUT2D eigenvalue weighted by Crippen LogP contribution is -2.15. The van der Waals surface area contributed by atoms with E-state index in [4.69, 9.17) is 9.84 Å². The summed E-state index contributed by atoms with van der Waals surface area (Å²) in [5.74, 6) is 0.353. The molecular weight excluding hydrogens is 404 g/mol. The normalized spacial score (nSPS) is 11.7. The highest BCUT2D eigenvalue weighted by molar-refractivity contribution is 7.99. The number of ether oxygens (including phenoxy) is 1. The number of carboxylic acid groups (broad SMARTS) is 1. The minimum atomic E-state index is -1.01. The van der Waals surface area contributed by atoms with E-state index in [1.165, 1.54) is 23.9 Å². The Morgan fingerprint density at radius 1 is 1.13 bits per heavy atom. The molecule has 1 heterocycles. The molecule has 3 rings (SSSR count). The van der Waals surface area contributed by atoms with E-state index in [2.05, 4.69) is 15.5 Å². The summed E-state index contributed by atoms with van der Waals surface area (Å²) in [6, 6.07) is 15.5. The quantitative estimate of drug-likeness (QED) is 0.500. The first-order valence-corrected chi connectivity index (χ1v) is 10.4. The molecule has 8 nitrogen and oxygen atoms in total. The van der Waals surface area contributed by atoms with Gasteiger partial charge in [-0.15, -0.1) is 10.2 Å². The van der Waals surface area contributed by atoms with Gasteiger partial charge < -0.3 is 19.7 Å². The molecular formula is C21H22N4O4S. The van der Waals surface area contributed by atoms with Gasteiger partial charge in [-0.2, -0.15) is 0 Å². The fourth-order valence-corrected chi connectivity index (χ4v) is 3.59. The van der Waals surface area contributed by atoms with Crippen molar-refractivity contribution in [3.8, 4) is 5.75 Å². The standard InChI is InChI=1S/C21H22N4O4S/c1-3-25-19(14(2)29-17-7-5-4-6-8-17)23-24-21(25)30-13-18(26)22-16-11-9-15(10-12-16)20(27)28/h4-12,14H,3,13H2,1-2H3,(H,22,26)(H,27,28). The number of thioether (sulfide) groups is 1. The number of nitrogens with one attached hydrogen (secondary N) is 1. The maximum atomic E-state index is 12.3. The summed E-state index contributed by atoms with van der Waals surface area (Å²) in [7, 11) is 0. The minimum Gasteiger partial charge on any atom is -0.483 e. The first-order valence-electron chi connectivity index (χ1n) is 9.38. The molecule has 0 aliphatic rings. The van der Waals surface area contributed by atoms with Crippen molar-refractivity contribution in [3.05, 3.63) is 66.0 Å². The number of aromatic nitrogens is 3. The molecule has 0 aliphatic carbocycles. The molecule has 1 atom stereocenters. The van der Waals surface area contributed by atoms with E-state index < -0.39 is 5.97 Å². The number of para-hydroxylation sites is 1. The number of carboxylic acids is 1. The van der Waals surface area contributed by atoms with Gasteiger partial charge in [-0.3, -0.25) is 4.79 Å². The number of hydrogen-bond acceptors (Lipinski definition) is 6. The van der Waals surface area contributed by atoms with E-state index in [1.807, 2.05) is 48.7 Å². The average molecular weight is 426 g/mol. The summed E-state index contributed by atoms with van der Waals surface area (Å²) in [6.07, 6.45) is -0.296. The molecule has 2 aromatic carbocycles. The average Bonchev–Trinajstić information content (AvgIpc) is 3.16. The second-order valence-electron chi connectivity index (χ2n) is 6.38. The summed E-state index contributed by atoms with van der Waals surface area (Å²) in [6.45, 7) is 4.53. The Hall–Kier alpha value is -3.33. The lowest BCUT2D eigenvalue weighted by molar-refractivity contribution is -0.113. The molecule has 3 aromatic rings. The first kappa shape index (κ1) is 21.4. The van der Waals surface area contributed by atoms with E-state index in [9.17, 15) is 9.59 Å². The van der Waals surface area contributed by atoms with Crippen LogP contribution in [-0.4, -0.2) is 37.5 Å².